The number of nitro benzene ring substituents is 2. The zero-order valence-corrected chi connectivity index (χ0v) is 13.5. The van der Waals surface area contributed by atoms with Crippen LogP contribution >= 0.6 is 11.3 Å². The number of thiophene rings is 1. The number of benzene rings is 2. The van der Waals surface area contributed by atoms with E-state index in [2.05, 4.69) is 5.32 Å². The van der Waals surface area contributed by atoms with Gasteiger partial charge in [0.25, 0.3) is 11.4 Å². The van der Waals surface area contributed by atoms with E-state index in [0.29, 0.717) is 6.54 Å². The smallest absolute Gasteiger partial charge is 0.299 e. The van der Waals surface area contributed by atoms with Crippen molar-refractivity contribution in [3.8, 4) is 0 Å². The van der Waals surface area contributed by atoms with Gasteiger partial charge >= 0.3 is 0 Å². The molecule has 1 heterocycles. The van der Waals surface area contributed by atoms with Gasteiger partial charge in [0.1, 0.15) is 5.69 Å². The molecular formula is C16H13N3O4S. The van der Waals surface area contributed by atoms with Crippen LogP contribution in [0.4, 0.5) is 17.1 Å². The van der Waals surface area contributed by atoms with Gasteiger partial charge in [0.05, 0.1) is 15.9 Å². The van der Waals surface area contributed by atoms with Crippen LogP contribution in [0.1, 0.15) is 10.4 Å². The van der Waals surface area contributed by atoms with Crippen molar-refractivity contribution in [3.05, 3.63) is 73.1 Å². The second-order valence-electron chi connectivity index (χ2n) is 5.22. The number of hydrogen-bond donors (Lipinski definition) is 1. The minimum atomic E-state index is -0.646. The van der Waals surface area contributed by atoms with Crippen LogP contribution in [0.3, 0.4) is 0 Å². The molecule has 3 aromatic rings. The predicted octanol–water partition coefficient (Wildman–Crippen LogP) is 4.64. The molecule has 2 aromatic carbocycles. The molecule has 7 nitrogen and oxygen atoms in total. The van der Waals surface area contributed by atoms with Crippen LogP contribution in [0.2, 0.25) is 0 Å². The van der Waals surface area contributed by atoms with E-state index in [1.807, 2.05) is 31.2 Å². The molecule has 0 amide bonds. The fourth-order valence-corrected chi connectivity index (χ4v) is 3.65. The highest BCUT2D eigenvalue weighted by Gasteiger charge is 2.19. The summed E-state index contributed by atoms with van der Waals surface area (Å²) < 4.78 is 1.16. The first kappa shape index (κ1) is 15.9. The number of non-ortho nitro benzene ring substituents is 1. The third-order valence-corrected chi connectivity index (χ3v) is 5.04. The first-order chi connectivity index (χ1) is 11.5. The lowest BCUT2D eigenvalue weighted by Crippen LogP contribution is -2.03. The molecular weight excluding hydrogens is 330 g/mol. The second-order valence-corrected chi connectivity index (χ2v) is 6.35. The molecule has 0 radical (unpaired) electrons. The highest BCUT2D eigenvalue weighted by Crippen LogP contribution is 2.33. The van der Waals surface area contributed by atoms with Crippen molar-refractivity contribution in [3.63, 3.8) is 0 Å². The third-order valence-electron chi connectivity index (χ3n) is 3.77. The molecule has 122 valence electrons. The normalized spacial score (nSPS) is 10.7. The Morgan fingerprint density at radius 3 is 2.50 bits per heavy atom. The van der Waals surface area contributed by atoms with Crippen molar-refractivity contribution < 1.29 is 9.85 Å². The zero-order chi connectivity index (χ0) is 17.3. The molecule has 0 unspecified atom stereocenters. The van der Waals surface area contributed by atoms with Crippen molar-refractivity contribution >= 4 is 38.5 Å². The van der Waals surface area contributed by atoms with E-state index in [0.717, 1.165) is 26.6 Å². The number of aryl methyl sites for hydroxylation is 1. The van der Waals surface area contributed by atoms with E-state index >= 15 is 0 Å². The maximum atomic E-state index is 11.2. The maximum absolute atomic E-state index is 11.2. The largest absolute Gasteiger partial charge is 0.375 e. The molecule has 0 bridgehead atoms. The van der Waals surface area contributed by atoms with Crippen molar-refractivity contribution in [2.75, 3.05) is 5.32 Å². The summed E-state index contributed by atoms with van der Waals surface area (Å²) >= 11 is 1.62. The average molecular weight is 343 g/mol. The summed E-state index contributed by atoms with van der Waals surface area (Å²) in [7, 11) is 0. The molecule has 0 saturated carbocycles. The summed E-state index contributed by atoms with van der Waals surface area (Å²) in [5.74, 6) is 0. The van der Waals surface area contributed by atoms with E-state index in [1.165, 1.54) is 12.1 Å². The van der Waals surface area contributed by atoms with Crippen molar-refractivity contribution in [1.29, 1.82) is 0 Å². The highest BCUT2D eigenvalue weighted by atomic mass is 32.1. The van der Waals surface area contributed by atoms with Gasteiger partial charge < -0.3 is 5.32 Å². The Balaban J connectivity index is 1.89. The van der Waals surface area contributed by atoms with Gasteiger partial charge in [-0.1, -0.05) is 18.2 Å². The van der Waals surface area contributed by atoms with Gasteiger partial charge in [0.15, 0.2) is 0 Å². The Kier molecular flexibility index (Phi) is 4.13. The predicted molar refractivity (Wildman–Crippen MR) is 93.6 cm³/mol. The first-order valence-electron chi connectivity index (χ1n) is 7.11. The lowest BCUT2D eigenvalue weighted by atomic mass is 10.1. The van der Waals surface area contributed by atoms with Crippen LogP contribution in [0, 0.1) is 27.2 Å². The summed E-state index contributed by atoms with van der Waals surface area (Å²) in [5, 5.41) is 26.1. The molecule has 1 N–H and O–H groups in total. The van der Waals surface area contributed by atoms with Crippen LogP contribution in [0.5, 0.6) is 0 Å². The van der Waals surface area contributed by atoms with Crippen molar-refractivity contribution in [2.45, 2.75) is 13.5 Å². The monoisotopic (exact) mass is 343 g/mol. The van der Waals surface area contributed by atoms with Crippen LogP contribution in [-0.2, 0) is 6.54 Å². The molecule has 0 aliphatic carbocycles. The lowest BCUT2D eigenvalue weighted by Gasteiger charge is -2.06. The quantitative estimate of drug-likeness (QED) is 0.537. The van der Waals surface area contributed by atoms with E-state index < -0.39 is 9.85 Å². The molecule has 0 aliphatic rings. The summed E-state index contributed by atoms with van der Waals surface area (Å²) in [4.78, 5) is 21.7. The summed E-state index contributed by atoms with van der Waals surface area (Å²) in [5.41, 5.74) is 0.795. The Morgan fingerprint density at radius 1 is 1.08 bits per heavy atom. The topological polar surface area (TPSA) is 98.3 Å². The maximum Gasteiger partial charge on any atom is 0.299 e. The number of nitrogens with one attached hydrogen (secondary N) is 1. The van der Waals surface area contributed by atoms with Gasteiger partial charge in [-0.3, -0.25) is 20.2 Å². The number of nitrogens with zero attached hydrogens (tertiary/aromatic N) is 2. The lowest BCUT2D eigenvalue weighted by molar-refractivity contribution is -0.393. The van der Waals surface area contributed by atoms with Gasteiger partial charge in [-0.05, 0) is 30.0 Å². The Bertz CT molecular complexity index is 952. The number of hydrogen-bond acceptors (Lipinski definition) is 6. The van der Waals surface area contributed by atoms with Crippen LogP contribution < -0.4 is 5.32 Å². The molecule has 0 saturated heterocycles. The van der Waals surface area contributed by atoms with Crippen molar-refractivity contribution in [1.82, 2.24) is 0 Å². The van der Waals surface area contributed by atoms with Crippen LogP contribution in [0.25, 0.3) is 10.1 Å². The summed E-state index contributed by atoms with van der Waals surface area (Å²) in [6.07, 6.45) is 0. The third kappa shape index (κ3) is 2.91. The Morgan fingerprint density at radius 2 is 1.83 bits per heavy atom. The van der Waals surface area contributed by atoms with Gasteiger partial charge in [-0.2, -0.15) is 0 Å². The van der Waals surface area contributed by atoms with Crippen LogP contribution in [-0.4, -0.2) is 9.85 Å². The Hall–Kier alpha value is -3.00. The number of anilines is 1. The SMILES string of the molecule is Cc1c(CNc2ccc([N+](=O)[O-])cc2[N+](=O)[O-])sc2ccccc12. The van der Waals surface area contributed by atoms with Gasteiger partial charge in [0, 0.05) is 22.2 Å². The number of rotatable bonds is 5. The Labute approximate surface area is 140 Å². The fraction of sp³-hybridized carbons (Fsp3) is 0.125. The standard InChI is InChI=1S/C16H13N3O4S/c1-10-12-4-2-3-5-15(12)24-16(10)9-17-13-7-6-11(18(20)21)8-14(13)19(22)23/h2-8,17H,9H2,1H3. The summed E-state index contributed by atoms with van der Waals surface area (Å²) in [6.45, 7) is 2.43. The average Bonchev–Trinajstić information content (AvgIpc) is 2.89. The highest BCUT2D eigenvalue weighted by molar-refractivity contribution is 7.19. The van der Waals surface area contributed by atoms with Gasteiger partial charge in [0.2, 0.25) is 0 Å². The molecule has 0 atom stereocenters. The molecule has 0 fully saturated rings. The fourth-order valence-electron chi connectivity index (χ4n) is 2.50. The zero-order valence-electron chi connectivity index (χ0n) is 12.7. The molecule has 0 aliphatic heterocycles. The second kappa shape index (κ2) is 6.25. The van der Waals surface area contributed by atoms with E-state index in [4.69, 9.17) is 0 Å². The molecule has 1 aromatic heterocycles. The van der Waals surface area contributed by atoms with Gasteiger partial charge in [-0.15, -0.1) is 11.3 Å². The van der Waals surface area contributed by atoms with E-state index in [1.54, 1.807) is 11.3 Å². The minimum absolute atomic E-state index is 0.266. The molecule has 24 heavy (non-hydrogen) atoms. The van der Waals surface area contributed by atoms with Crippen molar-refractivity contribution in [2.24, 2.45) is 0 Å². The number of fused-ring (bicyclic) bond motifs is 1. The van der Waals surface area contributed by atoms with Gasteiger partial charge in [-0.25, -0.2) is 0 Å². The molecule has 0 spiro atoms. The first-order valence-corrected chi connectivity index (χ1v) is 7.92. The van der Waals surface area contributed by atoms with E-state index in [9.17, 15) is 20.2 Å². The molecule has 8 heteroatoms. The van der Waals surface area contributed by atoms with E-state index in [-0.39, 0.29) is 17.1 Å². The molecule has 3 rings (SSSR count). The number of nitro groups is 2. The summed E-state index contributed by atoms with van der Waals surface area (Å²) in [6, 6.07) is 11.6. The van der Waals surface area contributed by atoms with Crippen LogP contribution in [0.15, 0.2) is 42.5 Å². The minimum Gasteiger partial charge on any atom is -0.375 e.